The maximum atomic E-state index is 12.6. The second-order valence-electron chi connectivity index (χ2n) is 7.75. The van der Waals surface area contributed by atoms with Crippen LogP contribution in [0.2, 0.25) is 0 Å². The first-order valence-electron chi connectivity index (χ1n) is 9.15. The van der Waals surface area contributed by atoms with Crippen LogP contribution in [0.25, 0.3) is 0 Å². The number of nitrogens with zero attached hydrogens (tertiary/aromatic N) is 1. The molecular weight excluding hydrogens is 374 g/mol. The van der Waals surface area contributed by atoms with Gasteiger partial charge in [0.05, 0.1) is 29.0 Å². The molecule has 3 aliphatic rings. The van der Waals surface area contributed by atoms with Crippen LogP contribution in [0.1, 0.15) is 30.4 Å². The lowest BCUT2D eigenvalue weighted by atomic mass is 9.98. The van der Waals surface area contributed by atoms with Crippen molar-refractivity contribution < 1.29 is 21.6 Å². The molecule has 0 radical (unpaired) electrons. The fraction of sp³-hybridized carbons (Fsp3) is 0.667. The second-order valence-corrected chi connectivity index (χ2v) is 12.3. The fourth-order valence-corrected chi connectivity index (χ4v) is 8.09. The molecule has 1 aromatic rings. The Kier molecular flexibility index (Phi) is 4.66. The van der Waals surface area contributed by atoms with Crippen molar-refractivity contribution in [3.8, 4) is 0 Å². The molecule has 26 heavy (non-hydrogen) atoms. The predicted octanol–water partition coefficient (Wildman–Crippen LogP) is 1.49. The molecule has 0 N–H and O–H groups in total. The summed E-state index contributed by atoms with van der Waals surface area (Å²) < 4.78 is 57.6. The molecule has 0 unspecified atom stereocenters. The van der Waals surface area contributed by atoms with E-state index in [1.165, 1.54) is 9.87 Å². The van der Waals surface area contributed by atoms with Crippen molar-refractivity contribution >= 4 is 19.9 Å². The van der Waals surface area contributed by atoms with Crippen LogP contribution < -0.4 is 0 Å². The van der Waals surface area contributed by atoms with E-state index in [9.17, 15) is 16.8 Å². The maximum absolute atomic E-state index is 12.6. The molecule has 0 bridgehead atoms. The number of hydrogen-bond acceptors (Lipinski definition) is 5. The van der Waals surface area contributed by atoms with Gasteiger partial charge in [0.25, 0.3) is 0 Å². The zero-order valence-electron chi connectivity index (χ0n) is 14.9. The van der Waals surface area contributed by atoms with Gasteiger partial charge in [-0.1, -0.05) is 29.8 Å². The number of ether oxygens (including phenoxy) is 1. The van der Waals surface area contributed by atoms with Gasteiger partial charge in [0.1, 0.15) is 0 Å². The Bertz CT molecular complexity index is 875. The van der Waals surface area contributed by atoms with Crippen molar-refractivity contribution in [1.29, 1.82) is 0 Å². The molecule has 1 saturated carbocycles. The van der Waals surface area contributed by atoms with E-state index >= 15 is 0 Å². The Labute approximate surface area is 155 Å². The SMILES string of the molecule is Cc1ccc(CO[C@@H]2CCS(=O)(=O)[C@H]3CN(S(=O)(=O)C4CC4)C[C@H]23)cc1. The van der Waals surface area contributed by atoms with E-state index < -0.39 is 25.1 Å². The molecule has 1 aromatic carbocycles. The second kappa shape index (κ2) is 6.58. The van der Waals surface area contributed by atoms with E-state index in [1.807, 2.05) is 31.2 Å². The number of aryl methyl sites for hydroxylation is 1. The van der Waals surface area contributed by atoms with Crippen molar-refractivity contribution in [3.05, 3.63) is 35.4 Å². The highest BCUT2D eigenvalue weighted by atomic mass is 32.2. The van der Waals surface area contributed by atoms with Gasteiger partial charge < -0.3 is 4.74 Å². The average Bonchev–Trinajstić information content (AvgIpc) is 3.35. The average molecular weight is 400 g/mol. The zero-order chi connectivity index (χ0) is 18.5. The monoisotopic (exact) mass is 399 g/mol. The Morgan fingerprint density at radius 1 is 1.12 bits per heavy atom. The highest BCUT2D eigenvalue weighted by Crippen LogP contribution is 2.39. The normalized spacial score (nSPS) is 31.7. The Morgan fingerprint density at radius 2 is 1.81 bits per heavy atom. The number of benzene rings is 1. The maximum Gasteiger partial charge on any atom is 0.217 e. The summed E-state index contributed by atoms with van der Waals surface area (Å²) in [6.07, 6.45) is 1.60. The van der Waals surface area contributed by atoms with E-state index in [0.717, 1.165) is 5.56 Å². The number of fused-ring (bicyclic) bond motifs is 1. The van der Waals surface area contributed by atoms with Crippen molar-refractivity contribution in [1.82, 2.24) is 4.31 Å². The molecule has 1 aliphatic carbocycles. The molecular formula is C18H25NO5S2. The molecule has 2 heterocycles. The first kappa shape index (κ1) is 18.4. The van der Waals surface area contributed by atoms with Gasteiger partial charge in [-0.15, -0.1) is 0 Å². The van der Waals surface area contributed by atoms with E-state index in [4.69, 9.17) is 4.74 Å². The molecule has 4 rings (SSSR count). The van der Waals surface area contributed by atoms with Gasteiger partial charge in [0.2, 0.25) is 10.0 Å². The van der Waals surface area contributed by atoms with E-state index in [0.29, 0.717) is 25.9 Å². The summed E-state index contributed by atoms with van der Waals surface area (Å²) in [5.41, 5.74) is 2.22. The molecule has 2 saturated heterocycles. The Balaban J connectivity index is 1.49. The standard InChI is InChI=1S/C18H25NO5S2/c1-13-2-4-14(5-3-13)12-24-17-8-9-25(20,21)18-11-19(10-16(17)18)26(22,23)15-6-7-15/h2-5,15-18H,6-12H2,1H3/t16-,17-,18+/m1/s1. The molecule has 0 amide bonds. The summed E-state index contributed by atoms with van der Waals surface area (Å²) in [4.78, 5) is 0. The minimum absolute atomic E-state index is 0.0735. The fourth-order valence-electron chi connectivity index (χ4n) is 4.03. The third-order valence-corrected chi connectivity index (χ3v) is 10.3. The van der Waals surface area contributed by atoms with E-state index in [-0.39, 0.29) is 36.1 Å². The molecule has 6 nitrogen and oxygen atoms in total. The molecule has 8 heteroatoms. The van der Waals surface area contributed by atoms with Crippen molar-refractivity contribution in [2.24, 2.45) is 5.92 Å². The van der Waals surface area contributed by atoms with Crippen LogP contribution in [0.15, 0.2) is 24.3 Å². The van der Waals surface area contributed by atoms with Crippen LogP contribution in [0.5, 0.6) is 0 Å². The van der Waals surface area contributed by atoms with Gasteiger partial charge in [0, 0.05) is 19.0 Å². The summed E-state index contributed by atoms with van der Waals surface area (Å²) in [5, 5.41) is -0.940. The largest absolute Gasteiger partial charge is 0.373 e. The lowest BCUT2D eigenvalue weighted by Crippen LogP contribution is -2.44. The number of hydrogen-bond donors (Lipinski definition) is 0. The lowest BCUT2D eigenvalue weighted by molar-refractivity contribution is 0.000674. The zero-order valence-corrected chi connectivity index (χ0v) is 16.5. The highest BCUT2D eigenvalue weighted by molar-refractivity contribution is 7.92. The summed E-state index contributed by atoms with van der Waals surface area (Å²) >= 11 is 0. The van der Waals surface area contributed by atoms with Crippen LogP contribution in [0, 0.1) is 12.8 Å². The van der Waals surface area contributed by atoms with Gasteiger partial charge in [-0.3, -0.25) is 0 Å². The minimum atomic E-state index is -3.36. The van der Waals surface area contributed by atoms with E-state index in [2.05, 4.69) is 0 Å². The third kappa shape index (κ3) is 3.44. The highest BCUT2D eigenvalue weighted by Gasteiger charge is 2.53. The summed E-state index contributed by atoms with van der Waals surface area (Å²) in [6.45, 7) is 2.80. The van der Waals surface area contributed by atoms with Crippen LogP contribution in [0.4, 0.5) is 0 Å². The molecule has 3 atom stereocenters. The number of sulfone groups is 1. The summed E-state index contributed by atoms with van der Waals surface area (Å²) in [7, 11) is -6.62. The summed E-state index contributed by atoms with van der Waals surface area (Å²) in [5.74, 6) is -0.197. The van der Waals surface area contributed by atoms with Gasteiger partial charge in [-0.05, 0) is 31.7 Å². The van der Waals surface area contributed by atoms with Crippen molar-refractivity contribution in [2.75, 3.05) is 18.8 Å². The minimum Gasteiger partial charge on any atom is -0.373 e. The van der Waals surface area contributed by atoms with Gasteiger partial charge >= 0.3 is 0 Å². The van der Waals surface area contributed by atoms with Gasteiger partial charge in [0.15, 0.2) is 9.84 Å². The summed E-state index contributed by atoms with van der Waals surface area (Å²) in [6, 6.07) is 8.05. The number of rotatable bonds is 5. The molecule has 3 fully saturated rings. The van der Waals surface area contributed by atoms with Crippen LogP contribution in [0.3, 0.4) is 0 Å². The van der Waals surface area contributed by atoms with Crippen molar-refractivity contribution in [3.63, 3.8) is 0 Å². The van der Waals surface area contributed by atoms with E-state index in [1.54, 1.807) is 0 Å². The first-order chi connectivity index (χ1) is 12.3. The quantitative estimate of drug-likeness (QED) is 0.749. The first-order valence-corrected chi connectivity index (χ1v) is 12.4. The predicted molar refractivity (Wildman–Crippen MR) is 99.0 cm³/mol. The smallest absolute Gasteiger partial charge is 0.217 e. The topological polar surface area (TPSA) is 80.8 Å². The molecule has 2 aliphatic heterocycles. The van der Waals surface area contributed by atoms with Crippen LogP contribution in [-0.4, -0.2) is 56.6 Å². The van der Waals surface area contributed by atoms with Crippen molar-refractivity contribution in [2.45, 2.75) is 49.4 Å². The van der Waals surface area contributed by atoms with Crippen LogP contribution in [-0.2, 0) is 31.2 Å². The Hall–Kier alpha value is -0.960. The van der Waals surface area contributed by atoms with Crippen LogP contribution >= 0.6 is 0 Å². The van der Waals surface area contributed by atoms with Gasteiger partial charge in [-0.2, -0.15) is 4.31 Å². The molecule has 0 spiro atoms. The lowest BCUT2D eigenvalue weighted by Gasteiger charge is -2.32. The van der Waals surface area contributed by atoms with Gasteiger partial charge in [-0.25, -0.2) is 16.8 Å². The molecule has 144 valence electrons. The number of sulfonamides is 1. The molecule has 0 aromatic heterocycles. The third-order valence-electron chi connectivity index (χ3n) is 5.79. The Morgan fingerprint density at radius 3 is 2.46 bits per heavy atom.